The maximum Gasteiger partial charge on any atom is 0.276 e. The zero-order valence-corrected chi connectivity index (χ0v) is 13.9. The van der Waals surface area contributed by atoms with Crippen LogP contribution in [0.3, 0.4) is 0 Å². The Balaban J connectivity index is 2.06. The lowest BCUT2D eigenvalue weighted by atomic mass is 9.90. The number of furan rings is 1. The Bertz CT molecular complexity index is 553. The monoisotopic (exact) mass is 314 g/mol. The van der Waals surface area contributed by atoms with Crippen LogP contribution in [-0.2, 0) is 16.6 Å². The van der Waals surface area contributed by atoms with Crippen LogP contribution < -0.4 is 5.32 Å². The van der Waals surface area contributed by atoms with Gasteiger partial charge in [0, 0.05) is 13.1 Å². The molecule has 0 saturated carbocycles. The number of piperidine rings is 1. The molecule has 0 aromatic carbocycles. The second-order valence-electron chi connectivity index (χ2n) is 6.00. The van der Waals surface area contributed by atoms with Gasteiger partial charge in [-0.25, -0.2) is 8.42 Å². The Morgan fingerprint density at radius 3 is 2.76 bits per heavy atom. The average molecular weight is 314 g/mol. The molecule has 1 N–H and O–H groups in total. The molecule has 0 spiro atoms. The molecule has 1 aliphatic rings. The van der Waals surface area contributed by atoms with Gasteiger partial charge in [0.15, 0.2) is 0 Å². The first-order valence-electron chi connectivity index (χ1n) is 7.74. The van der Waals surface area contributed by atoms with E-state index in [-0.39, 0.29) is 5.09 Å². The smallest absolute Gasteiger partial charge is 0.276 e. The summed E-state index contributed by atoms with van der Waals surface area (Å²) in [6.45, 7) is 8.99. The quantitative estimate of drug-likeness (QED) is 0.819. The first-order chi connectivity index (χ1) is 9.95. The highest BCUT2D eigenvalue weighted by Gasteiger charge is 2.33. The lowest BCUT2D eigenvalue weighted by Crippen LogP contribution is -2.42. The van der Waals surface area contributed by atoms with Crippen LogP contribution >= 0.6 is 0 Å². The third-order valence-corrected chi connectivity index (χ3v) is 5.99. The minimum absolute atomic E-state index is 0.0672. The zero-order valence-electron chi connectivity index (χ0n) is 13.1. The van der Waals surface area contributed by atoms with E-state index in [1.54, 1.807) is 16.4 Å². The molecule has 0 bridgehead atoms. The first-order valence-corrected chi connectivity index (χ1v) is 9.18. The Morgan fingerprint density at radius 1 is 1.33 bits per heavy atom. The summed E-state index contributed by atoms with van der Waals surface area (Å²) >= 11 is 0. The molecule has 21 heavy (non-hydrogen) atoms. The second-order valence-corrected chi connectivity index (χ2v) is 7.87. The van der Waals surface area contributed by atoms with Crippen LogP contribution in [0.1, 0.15) is 39.4 Å². The molecule has 2 atom stereocenters. The van der Waals surface area contributed by atoms with Gasteiger partial charge in [0.1, 0.15) is 5.76 Å². The van der Waals surface area contributed by atoms with E-state index in [1.807, 2.05) is 0 Å². The summed E-state index contributed by atoms with van der Waals surface area (Å²) < 4.78 is 32.3. The van der Waals surface area contributed by atoms with Crippen LogP contribution in [0.15, 0.2) is 21.6 Å². The third-order valence-electron chi connectivity index (χ3n) is 4.25. The molecule has 6 heteroatoms. The van der Waals surface area contributed by atoms with Gasteiger partial charge >= 0.3 is 0 Å². The van der Waals surface area contributed by atoms with E-state index in [0.29, 0.717) is 37.2 Å². The van der Waals surface area contributed by atoms with Gasteiger partial charge in [-0.15, -0.1) is 0 Å². The lowest BCUT2D eigenvalue weighted by Gasteiger charge is -2.33. The van der Waals surface area contributed by atoms with Crippen LogP contribution in [0.5, 0.6) is 0 Å². The molecule has 2 unspecified atom stereocenters. The van der Waals surface area contributed by atoms with Crippen LogP contribution in [-0.4, -0.2) is 32.4 Å². The van der Waals surface area contributed by atoms with Gasteiger partial charge in [0.2, 0.25) is 5.09 Å². The van der Waals surface area contributed by atoms with Crippen LogP contribution in [0.25, 0.3) is 0 Å². The highest BCUT2D eigenvalue weighted by Crippen LogP contribution is 2.28. The van der Waals surface area contributed by atoms with Gasteiger partial charge in [0.25, 0.3) is 10.0 Å². The van der Waals surface area contributed by atoms with Crippen molar-refractivity contribution in [2.24, 2.45) is 11.8 Å². The Labute approximate surface area is 127 Å². The SMILES string of the molecule is CCCNCc1ccc(S(=O)(=O)N2CCC(C)C(C)C2)o1. The standard InChI is InChI=1S/C15H26N2O3S/c1-4-8-16-10-14-5-6-15(20-14)21(18,19)17-9-7-12(2)13(3)11-17/h5-6,12-13,16H,4,7-11H2,1-3H3. The van der Waals surface area contributed by atoms with Crippen molar-refractivity contribution >= 4 is 10.0 Å². The van der Waals surface area contributed by atoms with E-state index >= 15 is 0 Å². The number of rotatable bonds is 6. The molecular formula is C15H26N2O3S. The fourth-order valence-electron chi connectivity index (χ4n) is 2.55. The molecule has 2 rings (SSSR count). The lowest BCUT2D eigenvalue weighted by molar-refractivity contribution is 0.209. The van der Waals surface area contributed by atoms with Gasteiger partial charge in [-0.05, 0) is 43.4 Å². The van der Waals surface area contributed by atoms with Crippen LogP contribution in [0.4, 0.5) is 0 Å². The molecule has 0 aliphatic carbocycles. The van der Waals surface area contributed by atoms with Gasteiger partial charge in [-0.2, -0.15) is 4.31 Å². The van der Waals surface area contributed by atoms with E-state index in [9.17, 15) is 8.42 Å². The van der Waals surface area contributed by atoms with Gasteiger partial charge in [0.05, 0.1) is 6.54 Å². The predicted octanol–water partition coefficient (Wildman–Crippen LogP) is 2.45. The summed E-state index contributed by atoms with van der Waals surface area (Å²) in [5, 5.41) is 3.27. The van der Waals surface area contributed by atoms with Crippen LogP contribution in [0, 0.1) is 11.8 Å². The van der Waals surface area contributed by atoms with E-state index in [4.69, 9.17) is 4.42 Å². The largest absolute Gasteiger partial charge is 0.447 e. The zero-order chi connectivity index (χ0) is 15.5. The summed E-state index contributed by atoms with van der Waals surface area (Å²) in [6.07, 6.45) is 1.95. The van der Waals surface area contributed by atoms with Gasteiger partial charge in [-0.3, -0.25) is 0 Å². The average Bonchev–Trinajstić information content (AvgIpc) is 2.91. The Kier molecular flexibility index (Phi) is 5.46. The first kappa shape index (κ1) is 16.5. The Hall–Kier alpha value is -0.850. The summed E-state index contributed by atoms with van der Waals surface area (Å²) in [6, 6.07) is 3.31. The van der Waals surface area contributed by atoms with Gasteiger partial charge in [-0.1, -0.05) is 20.8 Å². The summed E-state index contributed by atoms with van der Waals surface area (Å²) in [7, 11) is -3.49. The summed E-state index contributed by atoms with van der Waals surface area (Å²) in [5.41, 5.74) is 0. The predicted molar refractivity (Wildman–Crippen MR) is 82.4 cm³/mol. The minimum atomic E-state index is -3.49. The molecule has 0 radical (unpaired) electrons. The molecule has 0 amide bonds. The molecule has 120 valence electrons. The van der Waals surface area contributed by atoms with E-state index in [0.717, 1.165) is 19.4 Å². The molecule has 1 aliphatic heterocycles. The molecule has 1 saturated heterocycles. The summed E-state index contributed by atoms with van der Waals surface area (Å²) in [4.78, 5) is 0. The van der Waals surface area contributed by atoms with Crippen molar-refractivity contribution in [3.63, 3.8) is 0 Å². The van der Waals surface area contributed by atoms with Crippen molar-refractivity contribution in [1.29, 1.82) is 0 Å². The molecule has 1 aromatic rings. The van der Waals surface area contributed by atoms with Crippen molar-refractivity contribution in [2.75, 3.05) is 19.6 Å². The maximum absolute atomic E-state index is 12.6. The third kappa shape index (κ3) is 3.87. The molecule has 1 fully saturated rings. The van der Waals surface area contributed by atoms with E-state index in [1.165, 1.54) is 0 Å². The molecular weight excluding hydrogens is 288 g/mol. The number of nitrogens with one attached hydrogen (secondary N) is 1. The van der Waals surface area contributed by atoms with Crippen molar-refractivity contribution in [2.45, 2.75) is 45.2 Å². The number of nitrogens with zero attached hydrogens (tertiary/aromatic N) is 1. The summed E-state index contributed by atoms with van der Waals surface area (Å²) in [5.74, 6) is 1.62. The minimum Gasteiger partial charge on any atom is -0.447 e. The fourth-order valence-corrected chi connectivity index (χ4v) is 4.03. The number of hydrogen-bond donors (Lipinski definition) is 1. The van der Waals surface area contributed by atoms with Gasteiger partial charge < -0.3 is 9.73 Å². The van der Waals surface area contributed by atoms with E-state index in [2.05, 4.69) is 26.1 Å². The second kappa shape index (κ2) is 6.94. The van der Waals surface area contributed by atoms with Crippen molar-refractivity contribution in [1.82, 2.24) is 9.62 Å². The highest BCUT2D eigenvalue weighted by molar-refractivity contribution is 7.89. The molecule has 2 heterocycles. The molecule has 5 nitrogen and oxygen atoms in total. The maximum atomic E-state index is 12.6. The van der Waals surface area contributed by atoms with Crippen molar-refractivity contribution in [3.8, 4) is 0 Å². The van der Waals surface area contributed by atoms with Crippen molar-refractivity contribution < 1.29 is 12.8 Å². The number of sulfonamides is 1. The van der Waals surface area contributed by atoms with Crippen molar-refractivity contribution in [3.05, 3.63) is 17.9 Å². The van der Waals surface area contributed by atoms with E-state index < -0.39 is 10.0 Å². The number of hydrogen-bond acceptors (Lipinski definition) is 4. The topological polar surface area (TPSA) is 62.6 Å². The fraction of sp³-hybridized carbons (Fsp3) is 0.733. The van der Waals surface area contributed by atoms with Crippen LogP contribution in [0.2, 0.25) is 0 Å². The normalized spacial score (nSPS) is 24.3. The Morgan fingerprint density at radius 2 is 2.10 bits per heavy atom. The molecule has 1 aromatic heterocycles. The highest BCUT2D eigenvalue weighted by atomic mass is 32.2.